The number of amides is 1. The number of hydrogen-bond donors (Lipinski definition) is 5. The second-order valence-electron chi connectivity index (χ2n) is 3.14. The number of para-hydroxylation sites is 1. The molecule has 2 unspecified atom stereocenters. The van der Waals surface area contributed by atoms with E-state index in [2.05, 4.69) is 0 Å². The van der Waals surface area contributed by atoms with Crippen LogP contribution < -0.4 is 17.2 Å². The summed E-state index contributed by atoms with van der Waals surface area (Å²) in [6.45, 7) is 0. The van der Waals surface area contributed by atoms with Crippen molar-refractivity contribution in [1.82, 2.24) is 0 Å². The minimum Gasteiger partial charge on any atom is -0.397 e. The first kappa shape index (κ1) is 11.3. The topological polar surface area (TPSA) is 136 Å². The molecule has 0 aliphatic carbocycles. The summed E-state index contributed by atoms with van der Waals surface area (Å²) in [7, 11) is 0. The Labute approximate surface area is 86.3 Å². The summed E-state index contributed by atoms with van der Waals surface area (Å²) in [5.41, 5.74) is 16.5. The molecular weight excluding hydrogens is 198 g/mol. The highest BCUT2D eigenvalue weighted by atomic mass is 16.3. The van der Waals surface area contributed by atoms with Crippen LogP contribution in [-0.2, 0) is 4.79 Å². The number of aliphatic hydroxyl groups excluding tert-OH is 2. The molecule has 0 aromatic heterocycles. The van der Waals surface area contributed by atoms with Gasteiger partial charge in [0.1, 0.15) is 6.10 Å². The molecule has 1 aromatic carbocycles. The highest BCUT2D eigenvalue weighted by molar-refractivity contribution is 5.80. The molecule has 0 spiro atoms. The largest absolute Gasteiger partial charge is 0.397 e. The minimum atomic E-state index is -1.70. The van der Waals surface area contributed by atoms with Crippen LogP contribution in [0.4, 0.5) is 11.4 Å². The van der Waals surface area contributed by atoms with Crippen molar-refractivity contribution < 1.29 is 15.0 Å². The first-order valence-electron chi connectivity index (χ1n) is 4.24. The molecule has 2 atom stereocenters. The van der Waals surface area contributed by atoms with Crippen LogP contribution in [0.2, 0.25) is 0 Å². The smallest absolute Gasteiger partial charge is 0.249 e. The lowest BCUT2D eigenvalue weighted by molar-refractivity contribution is -0.131. The van der Waals surface area contributed by atoms with E-state index in [4.69, 9.17) is 17.2 Å². The summed E-state index contributed by atoms with van der Waals surface area (Å²) in [4.78, 5) is 10.7. The Morgan fingerprint density at radius 3 is 2.40 bits per heavy atom. The average molecular weight is 211 g/mol. The number of primary amides is 1. The van der Waals surface area contributed by atoms with Gasteiger partial charge in [0.2, 0.25) is 5.91 Å². The van der Waals surface area contributed by atoms with Gasteiger partial charge in [-0.3, -0.25) is 4.79 Å². The SMILES string of the molecule is NC(=O)C(O)C(O)c1cccc(N)c1N. The summed E-state index contributed by atoms with van der Waals surface area (Å²) in [5, 5.41) is 18.8. The summed E-state index contributed by atoms with van der Waals surface area (Å²) >= 11 is 0. The third-order valence-electron chi connectivity index (χ3n) is 2.08. The fourth-order valence-corrected chi connectivity index (χ4v) is 1.19. The Balaban J connectivity index is 3.06. The first-order valence-corrected chi connectivity index (χ1v) is 4.24. The number of carbonyl (C=O) groups excluding carboxylic acids is 1. The molecule has 0 saturated heterocycles. The van der Waals surface area contributed by atoms with Gasteiger partial charge >= 0.3 is 0 Å². The molecule has 0 aliphatic rings. The lowest BCUT2D eigenvalue weighted by Crippen LogP contribution is -2.34. The van der Waals surface area contributed by atoms with E-state index in [1.165, 1.54) is 6.07 Å². The van der Waals surface area contributed by atoms with Crippen LogP contribution >= 0.6 is 0 Å². The van der Waals surface area contributed by atoms with Gasteiger partial charge in [-0.2, -0.15) is 0 Å². The predicted octanol–water partition coefficient (Wildman–Crippen LogP) is -1.27. The molecule has 0 heterocycles. The molecule has 6 heteroatoms. The van der Waals surface area contributed by atoms with Crippen LogP contribution in [0.25, 0.3) is 0 Å². The Kier molecular flexibility index (Phi) is 3.13. The lowest BCUT2D eigenvalue weighted by atomic mass is 10.0. The van der Waals surface area contributed by atoms with Crippen molar-refractivity contribution in [3.8, 4) is 0 Å². The number of carbonyl (C=O) groups is 1. The molecular formula is C9H13N3O3. The maximum Gasteiger partial charge on any atom is 0.249 e. The predicted molar refractivity (Wildman–Crippen MR) is 55.4 cm³/mol. The average Bonchev–Trinajstić information content (AvgIpc) is 2.20. The second kappa shape index (κ2) is 4.16. The van der Waals surface area contributed by atoms with Crippen molar-refractivity contribution in [2.75, 3.05) is 11.5 Å². The van der Waals surface area contributed by atoms with Crippen LogP contribution in [0.15, 0.2) is 18.2 Å². The van der Waals surface area contributed by atoms with E-state index in [-0.39, 0.29) is 16.9 Å². The third kappa shape index (κ3) is 2.17. The number of hydrogen-bond acceptors (Lipinski definition) is 5. The van der Waals surface area contributed by atoms with E-state index in [1.807, 2.05) is 0 Å². The molecule has 15 heavy (non-hydrogen) atoms. The fourth-order valence-electron chi connectivity index (χ4n) is 1.19. The van der Waals surface area contributed by atoms with Gasteiger partial charge in [-0.1, -0.05) is 12.1 Å². The maximum atomic E-state index is 10.7. The molecule has 8 N–H and O–H groups in total. The molecule has 6 nitrogen and oxygen atoms in total. The molecule has 0 fully saturated rings. The monoisotopic (exact) mass is 211 g/mol. The highest BCUT2D eigenvalue weighted by Gasteiger charge is 2.25. The van der Waals surface area contributed by atoms with Crippen molar-refractivity contribution in [1.29, 1.82) is 0 Å². The Morgan fingerprint density at radius 1 is 1.27 bits per heavy atom. The molecule has 1 rings (SSSR count). The summed E-state index contributed by atoms with van der Waals surface area (Å²) in [6.07, 6.45) is -3.17. The van der Waals surface area contributed by atoms with Crippen LogP contribution in [0.3, 0.4) is 0 Å². The van der Waals surface area contributed by atoms with Crippen molar-refractivity contribution >= 4 is 17.3 Å². The number of nitrogen functional groups attached to an aromatic ring is 2. The van der Waals surface area contributed by atoms with Gasteiger partial charge in [0, 0.05) is 5.56 Å². The standard InChI is InChI=1S/C9H13N3O3/c10-5-3-1-2-4(6(5)11)7(13)8(14)9(12)15/h1-3,7-8,13-14H,10-11H2,(H2,12,15). The Morgan fingerprint density at radius 2 is 1.87 bits per heavy atom. The number of nitrogens with two attached hydrogens (primary N) is 3. The van der Waals surface area contributed by atoms with Gasteiger partial charge < -0.3 is 27.4 Å². The molecule has 1 amide bonds. The van der Waals surface area contributed by atoms with Gasteiger partial charge in [-0.25, -0.2) is 0 Å². The van der Waals surface area contributed by atoms with Gasteiger partial charge in [-0.05, 0) is 6.07 Å². The van der Waals surface area contributed by atoms with Crippen molar-refractivity contribution in [2.24, 2.45) is 5.73 Å². The van der Waals surface area contributed by atoms with E-state index in [0.29, 0.717) is 0 Å². The molecule has 0 bridgehead atoms. The first-order chi connectivity index (χ1) is 6.95. The quantitative estimate of drug-likeness (QED) is 0.397. The summed E-state index contributed by atoms with van der Waals surface area (Å²) < 4.78 is 0. The zero-order valence-electron chi connectivity index (χ0n) is 7.92. The third-order valence-corrected chi connectivity index (χ3v) is 2.08. The van der Waals surface area contributed by atoms with Gasteiger partial charge in [0.05, 0.1) is 11.4 Å². The minimum absolute atomic E-state index is 0.130. The van der Waals surface area contributed by atoms with Crippen LogP contribution in [0.1, 0.15) is 11.7 Å². The van der Waals surface area contributed by atoms with E-state index in [9.17, 15) is 15.0 Å². The molecule has 82 valence electrons. The van der Waals surface area contributed by atoms with Crippen LogP contribution in [0, 0.1) is 0 Å². The van der Waals surface area contributed by atoms with Gasteiger partial charge in [0.15, 0.2) is 6.10 Å². The number of benzene rings is 1. The van der Waals surface area contributed by atoms with Crippen LogP contribution in [-0.4, -0.2) is 22.2 Å². The molecule has 0 radical (unpaired) electrons. The number of rotatable bonds is 3. The zero-order valence-corrected chi connectivity index (χ0v) is 7.92. The van der Waals surface area contributed by atoms with E-state index >= 15 is 0 Å². The Bertz CT molecular complexity index is 381. The zero-order chi connectivity index (χ0) is 11.6. The van der Waals surface area contributed by atoms with Crippen molar-refractivity contribution in [3.05, 3.63) is 23.8 Å². The fraction of sp³-hybridized carbons (Fsp3) is 0.222. The van der Waals surface area contributed by atoms with Gasteiger partial charge in [-0.15, -0.1) is 0 Å². The molecule has 0 saturated carbocycles. The summed E-state index contributed by atoms with van der Waals surface area (Å²) in [6, 6.07) is 4.56. The van der Waals surface area contributed by atoms with E-state index in [0.717, 1.165) is 0 Å². The molecule has 1 aromatic rings. The molecule has 0 aliphatic heterocycles. The maximum absolute atomic E-state index is 10.7. The highest BCUT2D eigenvalue weighted by Crippen LogP contribution is 2.27. The van der Waals surface area contributed by atoms with E-state index in [1.54, 1.807) is 12.1 Å². The van der Waals surface area contributed by atoms with Gasteiger partial charge in [0.25, 0.3) is 0 Å². The number of anilines is 2. The summed E-state index contributed by atoms with van der Waals surface area (Å²) in [5.74, 6) is -1.02. The van der Waals surface area contributed by atoms with Crippen molar-refractivity contribution in [2.45, 2.75) is 12.2 Å². The number of aliphatic hydroxyl groups is 2. The lowest BCUT2D eigenvalue weighted by Gasteiger charge is -2.17. The second-order valence-corrected chi connectivity index (χ2v) is 3.14. The van der Waals surface area contributed by atoms with Crippen LogP contribution in [0.5, 0.6) is 0 Å². The normalized spacial score (nSPS) is 14.5. The van der Waals surface area contributed by atoms with Crippen molar-refractivity contribution in [3.63, 3.8) is 0 Å². The Hall–Kier alpha value is -1.79. The van der Waals surface area contributed by atoms with E-state index < -0.39 is 18.1 Å².